The fourth-order valence-electron chi connectivity index (χ4n) is 1.96. The van der Waals surface area contributed by atoms with Crippen molar-refractivity contribution in [3.8, 4) is 5.75 Å². The van der Waals surface area contributed by atoms with E-state index in [0.717, 1.165) is 0 Å². The predicted molar refractivity (Wildman–Crippen MR) is 72.5 cm³/mol. The number of aliphatic hydroxyl groups is 1. The number of piperidine rings is 1. The van der Waals surface area contributed by atoms with Gasteiger partial charge >= 0.3 is 6.02 Å². The maximum absolute atomic E-state index is 9.93. The van der Waals surface area contributed by atoms with E-state index in [-0.39, 0.29) is 0 Å². The summed E-state index contributed by atoms with van der Waals surface area (Å²) < 4.78 is 5.64. The first kappa shape index (κ1) is 13.4. The van der Waals surface area contributed by atoms with Crippen LogP contribution in [0.1, 0.15) is 19.8 Å². The third-order valence-electron chi connectivity index (χ3n) is 3.20. The molecule has 19 heavy (non-hydrogen) atoms. The molecule has 1 aliphatic rings. The van der Waals surface area contributed by atoms with Gasteiger partial charge in [0.25, 0.3) is 0 Å². The molecular weight excluding hydrogens is 242 g/mol. The SMILES string of the molecule is [C-]#[N+]/N=C(\Oc1ccccc1)N1CCC(C)(O)CC1. The molecule has 1 fully saturated rings. The van der Waals surface area contributed by atoms with Gasteiger partial charge in [0.05, 0.1) is 5.60 Å². The Morgan fingerprint density at radius 2 is 2.00 bits per heavy atom. The predicted octanol–water partition coefficient (Wildman–Crippen LogP) is 2.10. The van der Waals surface area contributed by atoms with Crippen LogP contribution >= 0.6 is 0 Å². The van der Waals surface area contributed by atoms with Crippen LogP contribution in [0, 0.1) is 6.57 Å². The summed E-state index contributed by atoms with van der Waals surface area (Å²) in [4.78, 5) is 4.94. The van der Waals surface area contributed by atoms with E-state index in [2.05, 4.69) is 10.1 Å². The van der Waals surface area contributed by atoms with E-state index in [1.54, 1.807) is 0 Å². The van der Waals surface area contributed by atoms with Gasteiger partial charge in [0.2, 0.25) is 0 Å². The minimum atomic E-state index is -0.632. The van der Waals surface area contributed by atoms with E-state index < -0.39 is 5.60 Å². The minimum absolute atomic E-state index is 0.303. The zero-order valence-corrected chi connectivity index (χ0v) is 10.9. The third-order valence-corrected chi connectivity index (χ3v) is 3.20. The topological polar surface area (TPSA) is 49.4 Å². The molecule has 1 aromatic rings. The summed E-state index contributed by atoms with van der Waals surface area (Å²) in [5.41, 5.74) is -0.632. The number of ether oxygens (including phenoxy) is 1. The first-order valence-corrected chi connectivity index (χ1v) is 6.25. The highest BCUT2D eigenvalue weighted by Gasteiger charge is 2.30. The smallest absolute Gasteiger partial charge is 0.376 e. The molecule has 0 aliphatic carbocycles. The molecule has 5 nitrogen and oxygen atoms in total. The average Bonchev–Trinajstić information content (AvgIpc) is 2.39. The van der Waals surface area contributed by atoms with Crippen LogP contribution in [0.3, 0.4) is 0 Å². The number of para-hydroxylation sites is 1. The molecule has 0 bridgehead atoms. The Kier molecular flexibility index (Phi) is 4.03. The molecule has 0 spiro atoms. The van der Waals surface area contributed by atoms with E-state index in [0.29, 0.717) is 37.7 Å². The van der Waals surface area contributed by atoms with Gasteiger partial charge in [-0.2, -0.15) is 6.57 Å². The van der Waals surface area contributed by atoms with Gasteiger partial charge in [-0.1, -0.05) is 18.2 Å². The Morgan fingerprint density at radius 3 is 2.58 bits per heavy atom. The molecule has 0 aromatic heterocycles. The molecule has 0 unspecified atom stereocenters. The second-order valence-corrected chi connectivity index (χ2v) is 4.88. The van der Waals surface area contributed by atoms with E-state index in [1.807, 2.05) is 42.2 Å². The van der Waals surface area contributed by atoms with Crippen LogP contribution in [0.5, 0.6) is 5.75 Å². The molecule has 1 aromatic carbocycles. The Morgan fingerprint density at radius 1 is 1.37 bits per heavy atom. The second kappa shape index (κ2) is 5.72. The summed E-state index contributed by atoms with van der Waals surface area (Å²) in [6, 6.07) is 9.57. The van der Waals surface area contributed by atoms with Gasteiger partial charge in [-0.05, 0) is 31.9 Å². The average molecular weight is 259 g/mol. The van der Waals surface area contributed by atoms with Crippen molar-refractivity contribution in [2.24, 2.45) is 5.10 Å². The van der Waals surface area contributed by atoms with Crippen molar-refractivity contribution in [2.75, 3.05) is 13.1 Å². The van der Waals surface area contributed by atoms with Crippen molar-refractivity contribution >= 4 is 6.02 Å². The fourth-order valence-corrected chi connectivity index (χ4v) is 1.96. The van der Waals surface area contributed by atoms with Gasteiger partial charge in [0, 0.05) is 13.1 Å². The standard InChI is InChI=1S/C14H17N3O2/c1-14(18)8-10-17(11-9-14)13(16-15-2)19-12-6-4-3-5-7-12/h3-7,18H,8-11H2,1H3/b16-13-. The van der Waals surface area contributed by atoms with Crippen molar-refractivity contribution in [2.45, 2.75) is 25.4 Å². The lowest BCUT2D eigenvalue weighted by Crippen LogP contribution is -2.46. The van der Waals surface area contributed by atoms with Gasteiger partial charge in [-0.3, -0.25) is 0 Å². The Bertz CT molecular complexity index is 481. The van der Waals surface area contributed by atoms with Crippen molar-refractivity contribution in [1.82, 2.24) is 4.90 Å². The molecule has 5 heteroatoms. The molecule has 1 N–H and O–H groups in total. The lowest BCUT2D eigenvalue weighted by molar-refractivity contribution is 0.00717. The Labute approximate surface area is 112 Å². The summed E-state index contributed by atoms with van der Waals surface area (Å²) in [5.74, 6) is 0.655. The molecule has 100 valence electrons. The van der Waals surface area contributed by atoms with Gasteiger partial charge < -0.3 is 14.7 Å². The highest BCUT2D eigenvalue weighted by atomic mass is 16.5. The Hall–Kier alpha value is -2.06. The summed E-state index contributed by atoms with van der Waals surface area (Å²) in [6.45, 7) is 9.97. The van der Waals surface area contributed by atoms with Crippen LogP contribution in [0.25, 0.3) is 4.95 Å². The van der Waals surface area contributed by atoms with Crippen LogP contribution in [-0.2, 0) is 0 Å². The summed E-state index contributed by atoms with van der Waals surface area (Å²) in [6.07, 6.45) is 1.28. The number of benzene rings is 1. The van der Waals surface area contributed by atoms with Crippen molar-refractivity contribution in [1.29, 1.82) is 0 Å². The largest absolute Gasteiger partial charge is 0.421 e. The number of rotatable bonds is 1. The monoisotopic (exact) mass is 259 g/mol. The normalized spacial score (nSPS) is 18.8. The van der Waals surface area contributed by atoms with Gasteiger partial charge in [-0.25, -0.2) is 0 Å². The maximum atomic E-state index is 9.93. The van der Waals surface area contributed by atoms with E-state index in [1.165, 1.54) is 0 Å². The van der Waals surface area contributed by atoms with E-state index >= 15 is 0 Å². The van der Waals surface area contributed by atoms with Crippen LogP contribution in [-0.4, -0.2) is 34.7 Å². The summed E-state index contributed by atoms with van der Waals surface area (Å²) >= 11 is 0. The van der Waals surface area contributed by atoms with Gasteiger partial charge in [-0.15, -0.1) is 4.95 Å². The summed E-state index contributed by atoms with van der Waals surface area (Å²) in [7, 11) is 0. The molecule has 0 saturated carbocycles. The number of nitrogens with zero attached hydrogens (tertiary/aromatic N) is 3. The van der Waals surface area contributed by atoms with Crippen LogP contribution < -0.4 is 4.74 Å². The lowest BCUT2D eigenvalue weighted by Gasteiger charge is -2.35. The van der Waals surface area contributed by atoms with Gasteiger partial charge in [0.15, 0.2) is 0 Å². The van der Waals surface area contributed by atoms with Crippen LogP contribution in [0.15, 0.2) is 35.4 Å². The molecular formula is C14H17N3O2. The van der Waals surface area contributed by atoms with E-state index in [9.17, 15) is 5.11 Å². The number of hydrogen-bond donors (Lipinski definition) is 1. The Balaban J connectivity index is 2.06. The van der Waals surface area contributed by atoms with Crippen LogP contribution in [0.2, 0.25) is 0 Å². The number of hydrogen-bond acceptors (Lipinski definition) is 3. The third kappa shape index (κ3) is 3.70. The van der Waals surface area contributed by atoms with Gasteiger partial charge in [0.1, 0.15) is 10.9 Å². The molecule has 1 aliphatic heterocycles. The second-order valence-electron chi connectivity index (χ2n) is 4.88. The number of likely N-dealkylation sites (tertiary alicyclic amines) is 1. The first-order chi connectivity index (χ1) is 9.11. The minimum Gasteiger partial charge on any atom is -0.421 e. The van der Waals surface area contributed by atoms with Crippen LogP contribution in [0.4, 0.5) is 0 Å². The highest BCUT2D eigenvalue weighted by molar-refractivity contribution is 5.76. The van der Waals surface area contributed by atoms with Crippen molar-refractivity contribution in [3.05, 3.63) is 41.9 Å². The zero-order chi connectivity index (χ0) is 13.7. The first-order valence-electron chi connectivity index (χ1n) is 6.25. The highest BCUT2D eigenvalue weighted by Crippen LogP contribution is 2.22. The molecule has 0 radical (unpaired) electrons. The fraction of sp³-hybridized carbons (Fsp3) is 0.429. The zero-order valence-electron chi connectivity index (χ0n) is 10.9. The number of amidine groups is 1. The maximum Gasteiger partial charge on any atom is 0.376 e. The summed E-state index contributed by atoms with van der Waals surface area (Å²) in [5, 5.41) is 13.6. The molecule has 0 atom stereocenters. The van der Waals surface area contributed by atoms with Crippen molar-refractivity contribution in [3.63, 3.8) is 0 Å². The van der Waals surface area contributed by atoms with Crippen molar-refractivity contribution < 1.29 is 9.84 Å². The van der Waals surface area contributed by atoms with E-state index in [4.69, 9.17) is 11.3 Å². The molecule has 1 heterocycles. The molecule has 2 rings (SSSR count). The quantitative estimate of drug-likeness (QED) is 0.364. The molecule has 1 saturated heterocycles. The lowest BCUT2D eigenvalue weighted by atomic mass is 9.94. The molecule has 0 amide bonds.